The number of rotatable bonds is 10. The van der Waals surface area contributed by atoms with E-state index in [-0.39, 0.29) is 35.8 Å². The van der Waals surface area contributed by atoms with Crippen molar-refractivity contribution >= 4 is 29.9 Å². The highest BCUT2D eigenvalue weighted by atomic mass is 127. The SMILES string of the molecule is CCN(CC)C(CNC(=NC)NCc1ccccc1OC(F)F)c1ccco1.I. The minimum absolute atomic E-state index is 0. The van der Waals surface area contributed by atoms with E-state index in [1.165, 1.54) is 6.07 Å². The molecule has 0 spiro atoms. The molecule has 2 aromatic rings. The van der Waals surface area contributed by atoms with Crippen molar-refractivity contribution in [3.8, 4) is 5.75 Å². The number of nitrogens with one attached hydrogen (secondary N) is 2. The number of alkyl halides is 2. The van der Waals surface area contributed by atoms with Crippen molar-refractivity contribution < 1.29 is 17.9 Å². The van der Waals surface area contributed by atoms with Gasteiger partial charge in [0.15, 0.2) is 5.96 Å². The van der Waals surface area contributed by atoms with Crippen LogP contribution in [0.1, 0.15) is 31.2 Å². The monoisotopic (exact) mass is 522 g/mol. The topological polar surface area (TPSA) is 62.0 Å². The van der Waals surface area contributed by atoms with Crippen LogP contribution in [-0.4, -0.2) is 44.2 Å². The van der Waals surface area contributed by atoms with Crippen LogP contribution in [-0.2, 0) is 6.54 Å². The van der Waals surface area contributed by atoms with Gasteiger partial charge in [-0.15, -0.1) is 24.0 Å². The Labute approximate surface area is 187 Å². The van der Waals surface area contributed by atoms with Gasteiger partial charge in [-0.1, -0.05) is 32.0 Å². The van der Waals surface area contributed by atoms with Crippen LogP contribution in [0.15, 0.2) is 52.1 Å². The number of benzene rings is 1. The summed E-state index contributed by atoms with van der Waals surface area (Å²) in [6.45, 7) is 4.01. The molecule has 0 radical (unpaired) electrons. The molecule has 0 saturated heterocycles. The summed E-state index contributed by atoms with van der Waals surface area (Å²) in [4.78, 5) is 6.50. The van der Waals surface area contributed by atoms with Gasteiger partial charge in [0.1, 0.15) is 11.5 Å². The van der Waals surface area contributed by atoms with E-state index in [0.29, 0.717) is 24.6 Å². The molecule has 1 aromatic carbocycles. The Bertz CT molecular complexity index is 725. The molecule has 6 nitrogen and oxygen atoms in total. The van der Waals surface area contributed by atoms with Crippen LogP contribution in [0.25, 0.3) is 0 Å². The fraction of sp³-hybridized carbons (Fsp3) is 0.450. The third-order valence-corrected chi connectivity index (χ3v) is 4.45. The van der Waals surface area contributed by atoms with Gasteiger partial charge in [-0.25, -0.2) is 0 Å². The first-order valence-electron chi connectivity index (χ1n) is 9.33. The van der Waals surface area contributed by atoms with Gasteiger partial charge in [0.05, 0.1) is 12.3 Å². The quantitative estimate of drug-likeness (QED) is 0.278. The first-order valence-corrected chi connectivity index (χ1v) is 9.33. The maximum absolute atomic E-state index is 12.6. The van der Waals surface area contributed by atoms with Gasteiger partial charge in [-0.2, -0.15) is 8.78 Å². The van der Waals surface area contributed by atoms with E-state index in [1.54, 1.807) is 31.5 Å². The van der Waals surface area contributed by atoms with Crippen molar-refractivity contribution in [2.45, 2.75) is 33.0 Å². The van der Waals surface area contributed by atoms with Gasteiger partial charge in [-0.05, 0) is 31.3 Å². The number of hydrogen-bond donors (Lipinski definition) is 2. The summed E-state index contributed by atoms with van der Waals surface area (Å²) in [6, 6.07) is 10.6. The highest BCUT2D eigenvalue weighted by Crippen LogP contribution is 2.21. The molecule has 162 valence electrons. The fourth-order valence-electron chi connectivity index (χ4n) is 3.01. The average molecular weight is 522 g/mol. The molecule has 0 fully saturated rings. The van der Waals surface area contributed by atoms with Crippen molar-refractivity contribution in [2.24, 2.45) is 4.99 Å². The highest BCUT2D eigenvalue weighted by molar-refractivity contribution is 14.0. The minimum atomic E-state index is -2.86. The Morgan fingerprint density at radius 3 is 2.45 bits per heavy atom. The smallest absolute Gasteiger partial charge is 0.387 e. The summed E-state index contributed by atoms with van der Waals surface area (Å²) in [7, 11) is 1.66. The summed E-state index contributed by atoms with van der Waals surface area (Å²) in [5.41, 5.74) is 0.622. The summed E-state index contributed by atoms with van der Waals surface area (Å²) < 4.78 is 35.3. The number of aliphatic imine (C=N–C) groups is 1. The largest absolute Gasteiger partial charge is 0.468 e. The van der Waals surface area contributed by atoms with E-state index >= 15 is 0 Å². The number of para-hydroxylation sites is 1. The normalized spacial score (nSPS) is 12.6. The van der Waals surface area contributed by atoms with E-state index in [4.69, 9.17) is 4.42 Å². The maximum atomic E-state index is 12.6. The van der Waals surface area contributed by atoms with Crippen molar-refractivity contribution in [3.05, 3.63) is 54.0 Å². The molecule has 1 unspecified atom stereocenters. The second-order valence-electron chi connectivity index (χ2n) is 6.05. The Balaban J connectivity index is 0.00000420. The zero-order valence-corrected chi connectivity index (χ0v) is 19.2. The summed E-state index contributed by atoms with van der Waals surface area (Å²) in [5, 5.41) is 6.43. The zero-order chi connectivity index (χ0) is 20.4. The predicted octanol–water partition coefficient (Wildman–Crippen LogP) is 4.25. The molecule has 2 N–H and O–H groups in total. The van der Waals surface area contributed by atoms with Crippen LogP contribution < -0.4 is 15.4 Å². The van der Waals surface area contributed by atoms with Crippen molar-refractivity contribution in [1.82, 2.24) is 15.5 Å². The van der Waals surface area contributed by atoms with Crippen molar-refractivity contribution in [1.29, 1.82) is 0 Å². The summed E-state index contributed by atoms with van der Waals surface area (Å²) >= 11 is 0. The van der Waals surface area contributed by atoms with E-state index in [2.05, 4.69) is 39.1 Å². The third kappa shape index (κ3) is 7.81. The van der Waals surface area contributed by atoms with Crippen LogP contribution in [0.2, 0.25) is 0 Å². The van der Waals surface area contributed by atoms with Crippen LogP contribution in [0.4, 0.5) is 8.78 Å². The van der Waals surface area contributed by atoms with Crippen LogP contribution in [0, 0.1) is 0 Å². The lowest BCUT2D eigenvalue weighted by molar-refractivity contribution is -0.0504. The number of hydrogen-bond acceptors (Lipinski definition) is 4. The number of nitrogens with zero attached hydrogens (tertiary/aromatic N) is 2. The maximum Gasteiger partial charge on any atom is 0.387 e. The lowest BCUT2D eigenvalue weighted by atomic mass is 10.2. The molecule has 29 heavy (non-hydrogen) atoms. The summed E-state index contributed by atoms with van der Waals surface area (Å²) in [6.07, 6.45) is 1.67. The Hall–Kier alpha value is -1.88. The molecule has 1 aromatic heterocycles. The molecule has 0 amide bonds. The van der Waals surface area contributed by atoms with Crippen LogP contribution in [0.5, 0.6) is 5.75 Å². The van der Waals surface area contributed by atoms with E-state index in [9.17, 15) is 8.78 Å². The van der Waals surface area contributed by atoms with E-state index in [1.807, 2.05) is 12.1 Å². The fourth-order valence-corrected chi connectivity index (χ4v) is 3.01. The molecule has 0 aliphatic carbocycles. The molecule has 0 aliphatic heterocycles. The Morgan fingerprint density at radius 2 is 1.86 bits per heavy atom. The van der Waals surface area contributed by atoms with Gasteiger partial charge in [0.2, 0.25) is 0 Å². The Kier molecular flexibility index (Phi) is 11.6. The van der Waals surface area contributed by atoms with Crippen molar-refractivity contribution in [3.63, 3.8) is 0 Å². The molecule has 0 aliphatic rings. The van der Waals surface area contributed by atoms with Crippen molar-refractivity contribution in [2.75, 3.05) is 26.7 Å². The van der Waals surface area contributed by atoms with Gasteiger partial charge in [0, 0.05) is 25.7 Å². The predicted molar refractivity (Wildman–Crippen MR) is 121 cm³/mol. The standard InChI is InChI=1S/C20H28F2N4O2.HI/c1-4-26(5-2)16(18-11-8-12-27-18)14-25-20(23-3)24-13-15-9-6-7-10-17(15)28-19(21)22;/h6-12,16,19H,4-5,13-14H2,1-3H3,(H2,23,24,25);1H. The van der Waals surface area contributed by atoms with E-state index in [0.717, 1.165) is 18.8 Å². The Morgan fingerprint density at radius 1 is 1.14 bits per heavy atom. The number of likely N-dealkylation sites (N-methyl/N-ethyl adjacent to an activating group) is 1. The average Bonchev–Trinajstić information content (AvgIpc) is 3.22. The number of guanidine groups is 1. The molecule has 2 rings (SSSR count). The molecule has 0 bridgehead atoms. The third-order valence-electron chi connectivity index (χ3n) is 4.45. The summed E-state index contributed by atoms with van der Waals surface area (Å²) in [5.74, 6) is 1.59. The van der Waals surface area contributed by atoms with E-state index < -0.39 is 6.61 Å². The van der Waals surface area contributed by atoms with Crippen LogP contribution in [0.3, 0.4) is 0 Å². The first kappa shape index (κ1) is 25.2. The molecular weight excluding hydrogens is 493 g/mol. The first-order chi connectivity index (χ1) is 13.6. The number of halogens is 3. The lowest BCUT2D eigenvalue weighted by Gasteiger charge is -2.28. The molecular formula is C20H29F2IN4O2. The van der Waals surface area contributed by atoms with Crippen LogP contribution >= 0.6 is 24.0 Å². The second-order valence-corrected chi connectivity index (χ2v) is 6.05. The van der Waals surface area contributed by atoms with Gasteiger partial charge >= 0.3 is 6.61 Å². The zero-order valence-electron chi connectivity index (χ0n) is 16.9. The minimum Gasteiger partial charge on any atom is -0.468 e. The molecule has 9 heteroatoms. The molecule has 1 heterocycles. The van der Waals surface area contributed by atoms with Gasteiger partial charge in [0.25, 0.3) is 0 Å². The second kappa shape index (κ2) is 13.4. The van der Waals surface area contributed by atoms with Gasteiger partial charge in [-0.3, -0.25) is 9.89 Å². The number of ether oxygens (including phenoxy) is 1. The number of furan rings is 1. The molecule has 0 saturated carbocycles. The lowest BCUT2D eigenvalue weighted by Crippen LogP contribution is -2.43. The van der Waals surface area contributed by atoms with Gasteiger partial charge < -0.3 is 19.8 Å². The highest BCUT2D eigenvalue weighted by Gasteiger charge is 2.21. The molecule has 1 atom stereocenters.